The second kappa shape index (κ2) is 6.48. The summed E-state index contributed by atoms with van der Waals surface area (Å²) in [5.74, 6) is -1.80. The molecule has 0 aliphatic carbocycles. The van der Waals surface area contributed by atoms with Crippen LogP contribution in [-0.4, -0.2) is 13.1 Å². The summed E-state index contributed by atoms with van der Waals surface area (Å²) in [6, 6.07) is 5.69. The molecule has 0 radical (unpaired) electrons. The van der Waals surface area contributed by atoms with Crippen LogP contribution in [0.2, 0.25) is 0 Å². The highest BCUT2D eigenvalue weighted by Crippen LogP contribution is 2.25. The molecule has 0 unspecified atom stereocenters. The Labute approximate surface area is 111 Å². The van der Waals surface area contributed by atoms with Gasteiger partial charge in [0.15, 0.2) is 11.6 Å². The summed E-state index contributed by atoms with van der Waals surface area (Å²) < 4.78 is 25.9. The van der Waals surface area contributed by atoms with Gasteiger partial charge in [-0.25, -0.2) is 8.78 Å². The summed E-state index contributed by atoms with van der Waals surface area (Å²) in [6.45, 7) is 1.65. The van der Waals surface area contributed by atoms with Gasteiger partial charge in [0.2, 0.25) is 0 Å². The molecule has 0 amide bonds. The fourth-order valence-corrected chi connectivity index (χ4v) is 1.98. The highest BCUT2D eigenvalue weighted by atomic mass is 35.5. The largest absolute Gasteiger partial charge is 0.316 e. The molecule has 2 rings (SSSR count). The fourth-order valence-electron chi connectivity index (χ4n) is 1.98. The molecule has 0 atom stereocenters. The van der Waals surface area contributed by atoms with Crippen LogP contribution >= 0.6 is 12.4 Å². The van der Waals surface area contributed by atoms with Crippen LogP contribution in [0.15, 0.2) is 23.8 Å². The van der Waals surface area contributed by atoms with Crippen LogP contribution in [0, 0.1) is 23.0 Å². The van der Waals surface area contributed by atoms with E-state index in [9.17, 15) is 8.78 Å². The predicted octanol–water partition coefficient (Wildman–Crippen LogP) is 3.05. The molecule has 1 aliphatic rings. The topological polar surface area (TPSA) is 35.8 Å². The van der Waals surface area contributed by atoms with Crippen molar-refractivity contribution in [3.8, 4) is 6.07 Å². The summed E-state index contributed by atoms with van der Waals surface area (Å²) in [5.41, 5.74) is 1.95. The molecule has 1 N–H and O–H groups in total. The Morgan fingerprint density at radius 1 is 1.17 bits per heavy atom. The van der Waals surface area contributed by atoms with Crippen LogP contribution in [0.25, 0.3) is 5.57 Å². The van der Waals surface area contributed by atoms with E-state index in [0.29, 0.717) is 11.1 Å². The molecule has 1 saturated heterocycles. The molecule has 2 nitrogen and oxygen atoms in total. The fraction of sp³-hybridized carbons (Fsp3) is 0.308. The maximum absolute atomic E-state index is 13.1. The number of nitriles is 1. The highest BCUT2D eigenvalue weighted by Gasteiger charge is 2.13. The molecule has 18 heavy (non-hydrogen) atoms. The van der Waals surface area contributed by atoms with E-state index < -0.39 is 11.6 Å². The molecule has 0 aromatic heterocycles. The molecule has 0 saturated carbocycles. The minimum absolute atomic E-state index is 0. The Balaban J connectivity index is 0.00000162. The summed E-state index contributed by atoms with van der Waals surface area (Å²) >= 11 is 0. The molecule has 5 heteroatoms. The molecule has 1 heterocycles. The van der Waals surface area contributed by atoms with Crippen LogP contribution < -0.4 is 5.32 Å². The lowest BCUT2D eigenvalue weighted by molar-refractivity contribution is 0.508. The minimum atomic E-state index is -0.912. The number of hydrogen-bond donors (Lipinski definition) is 1. The van der Waals surface area contributed by atoms with E-state index in [-0.39, 0.29) is 12.4 Å². The van der Waals surface area contributed by atoms with E-state index in [1.54, 1.807) is 0 Å². The molecule has 1 fully saturated rings. The van der Waals surface area contributed by atoms with E-state index in [4.69, 9.17) is 5.26 Å². The van der Waals surface area contributed by atoms with Gasteiger partial charge in [-0.05, 0) is 49.2 Å². The second-order valence-corrected chi connectivity index (χ2v) is 3.97. The lowest BCUT2D eigenvalue weighted by atomic mass is 9.94. The predicted molar refractivity (Wildman–Crippen MR) is 68.2 cm³/mol. The normalized spacial score (nSPS) is 14.6. The molecular formula is C13H13ClF2N2. The number of nitrogens with one attached hydrogen (secondary N) is 1. The zero-order valence-corrected chi connectivity index (χ0v) is 10.5. The molecule has 96 valence electrons. The first-order valence-corrected chi connectivity index (χ1v) is 5.50. The van der Waals surface area contributed by atoms with Gasteiger partial charge < -0.3 is 5.32 Å². The van der Waals surface area contributed by atoms with Gasteiger partial charge in [-0.3, -0.25) is 0 Å². The van der Waals surface area contributed by atoms with Crippen molar-refractivity contribution in [3.63, 3.8) is 0 Å². The van der Waals surface area contributed by atoms with Crippen molar-refractivity contribution in [1.82, 2.24) is 5.32 Å². The first-order valence-electron chi connectivity index (χ1n) is 5.50. The zero-order valence-electron chi connectivity index (χ0n) is 9.67. The highest BCUT2D eigenvalue weighted by molar-refractivity contribution is 5.85. The van der Waals surface area contributed by atoms with Gasteiger partial charge in [0.05, 0.1) is 11.6 Å². The number of halogens is 3. The first kappa shape index (κ1) is 14.6. The van der Waals surface area contributed by atoms with E-state index >= 15 is 0 Å². The Bertz CT molecular complexity index is 498. The number of hydrogen-bond acceptors (Lipinski definition) is 2. The number of benzene rings is 1. The third-order valence-electron chi connectivity index (χ3n) is 2.88. The quantitative estimate of drug-likeness (QED) is 0.796. The van der Waals surface area contributed by atoms with Crippen LogP contribution in [-0.2, 0) is 0 Å². The first-order chi connectivity index (χ1) is 8.22. The van der Waals surface area contributed by atoms with Gasteiger partial charge in [0.1, 0.15) is 0 Å². The van der Waals surface area contributed by atoms with Crippen molar-refractivity contribution in [1.29, 1.82) is 5.26 Å². The standard InChI is InChI=1S/C13H12F2N2.ClH/c14-12-2-1-10(7-13(12)15)11(8-16)9-3-5-17-6-4-9;/h1-2,7,17H,3-6H2;1H. The van der Waals surface area contributed by atoms with E-state index in [1.165, 1.54) is 6.07 Å². The smallest absolute Gasteiger partial charge is 0.159 e. The Morgan fingerprint density at radius 2 is 1.83 bits per heavy atom. The Kier molecular flexibility index (Phi) is 5.26. The van der Waals surface area contributed by atoms with Crippen molar-refractivity contribution in [2.75, 3.05) is 13.1 Å². The average Bonchev–Trinajstić information content (AvgIpc) is 2.36. The van der Waals surface area contributed by atoms with Gasteiger partial charge in [-0.2, -0.15) is 5.26 Å². The minimum Gasteiger partial charge on any atom is -0.316 e. The zero-order chi connectivity index (χ0) is 12.3. The summed E-state index contributed by atoms with van der Waals surface area (Å²) in [7, 11) is 0. The van der Waals surface area contributed by atoms with Crippen LogP contribution in [0.3, 0.4) is 0 Å². The van der Waals surface area contributed by atoms with Crippen molar-refractivity contribution in [3.05, 3.63) is 41.0 Å². The molecule has 1 aromatic carbocycles. The molecular weight excluding hydrogens is 258 g/mol. The van der Waals surface area contributed by atoms with E-state index in [1.807, 2.05) is 0 Å². The lowest BCUT2D eigenvalue weighted by Crippen LogP contribution is -2.23. The molecule has 1 aliphatic heterocycles. The maximum Gasteiger partial charge on any atom is 0.159 e. The molecule has 1 aromatic rings. The van der Waals surface area contributed by atoms with Crippen molar-refractivity contribution in [2.24, 2.45) is 0 Å². The van der Waals surface area contributed by atoms with Crippen LogP contribution in [0.5, 0.6) is 0 Å². The SMILES string of the molecule is Cl.N#CC(=C1CCNCC1)c1ccc(F)c(F)c1. The molecule has 0 bridgehead atoms. The van der Waals surface area contributed by atoms with Crippen molar-refractivity contribution >= 4 is 18.0 Å². The maximum atomic E-state index is 13.1. The van der Waals surface area contributed by atoms with Crippen LogP contribution in [0.4, 0.5) is 8.78 Å². The Morgan fingerprint density at radius 3 is 2.39 bits per heavy atom. The summed E-state index contributed by atoms with van der Waals surface area (Å²) in [6.07, 6.45) is 1.56. The third-order valence-corrected chi connectivity index (χ3v) is 2.88. The number of allylic oxidation sites excluding steroid dienone is 1. The summed E-state index contributed by atoms with van der Waals surface area (Å²) in [4.78, 5) is 0. The van der Waals surface area contributed by atoms with E-state index in [0.717, 1.165) is 43.6 Å². The van der Waals surface area contributed by atoms with Gasteiger partial charge in [-0.1, -0.05) is 6.07 Å². The van der Waals surface area contributed by atoms with Crippen molar-refractivity contribution < 1.29 is 8.78 Å². The average molecular weight is 271 g/mol. The van der Waals surface area contributed by atoms with Gasteiger partial charge in [-0.15, -0.1) is 12.4 Å². The van der Waals surface area contributed by atoms with E-state index in [2.05, 4.69) is 11.4 Å². The van der Waals surface area contributed by atoms with Crippen molar-refractivity contribution in [2.45, 2.75) is 12.8 Å². The second-order valence-electron chi connectivity index (χ2n) is 3.97. The van der Waals surface area contributed by atoms with Gasteiger partial charge in [0.25, 0.3) is 0 Å². The number of rotatable bonds is 1. The lowest BCUT2D eigenvalue weighted by Gasteiger charge is -2.17. The van der Waals surface area contributed by atoms with Gasteiger partial charge in [0, 0.05) is 0 Å². The number of piperidine rings is 1. The Hall–Kier alpha value is -1.44. The third kappa shape index (κ3) is 3.06. The van der Waals surface area contributed by atoms with Gasteiger partial charge >= 0.3 is 0 Å². The number of nitrogens with zero attached hydrogens (tertiary/aromatic N) is 1. The molecule has 0 spiro atoms. The summed E-state index contributed by atoms with van der Waals surface area (Å²) in [5, 5.41) is 12.3. The van der Waals surface area contributed by atoms with Crippen LogP contribution in [0.1, 0.15) is 18.4 Å². The monoisotopic (exact) mass is 270 g/mol.